The number of amides is 1. The Morgan fingerprint density at radius 3 is 2.50 bits per heavy atom. The topological polar surface area (TPSA) is 73.0 Å². The molecule has 7 nitrogen and oxygen atoms in total. The van der Waals surface area contributed by atoms with Crippen LogP contribution in [-0.2, 0) is 23.4 Å². The summed E-state index contributed by atoms with van der Waals surface area (Å²) in [6, 6.07) is 9.84. The van der Waals surface area contributed by atoms with E-state index in [0.717, 1.165) is 5.56 Å². The number of hydrogen-bond donors (Lipinski definition) is 0. The largest absolute Gasteiger partial charge is 0.341 e. The van der Waals surface area contributed by atoms with Crippen molar-refractivity contribution in [2.45, 2.75) is 52.7 Å². The highest BCUT2D eigenvalue weighted by atomic mass is 16.2. The lowest BCUT2D eigenvalue weighted by molar-refractivity contribution is -0.130. The molecule has 0 atom stereocenters. The predicted octanol–water partition coefficient (Wildman–Crippen LogP) is 2.71. The average Bonchev–Trinajstić information content (AvgIpc) is 3.06. The zero-order chi connectivity index (χ0) is 20.5. The molecule has 0 unspecified atom stereocenters. The summed E-state index contributed by atoms with van der Waals surface area (Å²) in [5.41, 5.74) is 1.23. The molecule has 0 radical (unpaired) electrons. The molecule has 0 spiro atoms. The first kappa shape index (κ1) is 19.8. The number of aromatic nitrogens is 4. The van der Waals surface area contributed by atoms with E-state index in [1.807, 2.05) is 51.1 Å². The number of benzene rings is 1. The Kier molecular flexibility index (Phi) is 5.36. The van der Waals surface area contributed by atoms with Gasteiger partial charge in [0.1, 0.15) is 11.2 Å². The maximum atomic E-state index is 12.9. The number of carbonyl (C=O) groups excluding carboxylic acids is 1. The van der Waals surface area contributed by atoms with Crippen molar-refractivity contribution >= 4 is 16.9 Å². The van der Waals surface area contributed by atoms with Crippen molar-refractivity contribution in [3.8, 4) is 0 Å². The second kappa shape index (κ2) is 7.58. The van der Waals surface area contributed by atoms with Gasteiger partial charge in [0.2, 0.25) is 5.91 Å². The molecule has 2 heterocycles. The minimum atomic E-state index is -0.268. The van der Waals surface area contributed by atoms with E-state index in [2.05, 4.69) is 10.1 Å². The summed E-state index contributed by atoms with van der Waals surface area (Å²) in [6.07, 6.45) is 1.81. The Morgan fingerprint density at radius 1 is 1.18 bits per heavy atom. The number of hydrogen-bond acceptors (Lipinski definition) is 4. The molecule has 0 aliphatic carbocycles. The van der Waals surface area contributed by atoms with Gasteiger partial charge < -0.3 is 4.90 Å². The lowest BCUT2D eigenvalue weighted by Gasteiger charge is -2.20. The molecule has 0 saturated heterocycles. The summed E-state index contributed by atoms with van der Waals surface area (Å²) < 4.78 is 3.32. The molecule has 0 saturated carbocycles. The molecule has 7 heteroatoms. The van der Waals surface area contributed by atoms with E-state index in [1.54, 1.807) is 34.3 Å². The molecule has 1 aromatic carbocycles. The first-order chi connectivity index (χ1) is 13.2. The molecule has 2 aromatic heterocycles. The maximum Gasteiger partial charge on any atom is 0.264 e. The zero-order valence-electron chi connectivity index (χ0n) is 17.1. The average molecular weight is 381 g/mol. The van der Waals surface area contributed by atoms with Gasteiger partial charge in [0.05, 0.1) is 11.7 Å². The van der Waals surface area contributed by atoms with E-state index in [1.165, 1.54) is 0 Å². The molecule has 148 valence electrons. The van der Waals surface area contributed by atoms with Gasteiger partial charge >= 0.3 is 0 Å². The van der Waals surface area contributed by atoms with E-state index in [0.29, 0.717) is 29.9 Å². The minimum absolute atomic E-state index is 0.0133. The first-order valence-electron chi connectivity index (χ1n) is 9.42. The van der Waals surface area contributed by atoms with Crippen LogP contribution in [0.25, 0.3) is 11.0 Å². The van der Waals surface area contributed by atoms with Gasteiger partial charge in [0.15, 0.2) is 5.65 Å². The first-order valence-corrected chi connectivity index (χ1v) is 9.42. The Hall–Kier alpha value is -2.96. The van der Waals surface area contributed by atoms with Gasteiger partial charge in [0, 0.05) is 26.6 Å². The quantitative estimate of drug-likeness (QED) is 0.681. The van der Waals surface area contributed by atoms with Gasteiger partial charge in [-0.3, -0.25) is 14.2 Å². The van der Waals surface area contributed by atoms with Gasteiger partial charge in [-0.2, -0.15) is 5.10 Å². The Morgan fingerprint density at radius 2 is 1.86 bits per heavy atom. The van der Waals surface area contributed by atoms with E-state index >= 15 is 0 Å². The van der Waals surface area contributed by atoms with E-state index in [-0.39, 0.29) is 23.4 Å². The highest BCUT2D eigenvalue weighted by Crippen LogP contribution is 2.18. The summed E-state index contributed by atoms with van der Waals surface area (Å²) in [5, 5.41) is 4.82. The molecule has 0 aliphatic rings. The van der Waals surface area contributed by atoms with Crippen molar-refractivity contribution in [2.75, 3.05) is 7.05 Å². The molecular formula is C21H27N5O2. The second-order valence-corrected chi connectivity index (χ2v) is 8.07. The van der Waals surface area contributed by atoms with Crippen molar-refractivity contribution in [1.82, 2.24) is 24.2 Å². The summed E-state index contributed by atoms with van der Waals surface area (Å²) in [6.45, 7) is 8.68. The van der Waals surface area contributed by atoms with Crippen LogP contribution in [0, 0.1) is 6.92 Å². The SMILES string of the molecule is Cc1nc2c(cnn2C(C)(C)C)c(=O)n1CCC(=O)N(C)Cc1ccccc1. The van der Waals surface area contributed by atoms with Crippen LogP contribution in [0.2, 0.25) is 0 Å². The van der Waals surface area contributed by atoms with Crippen LogP contribution < -0.4 is 5.56 Å². The molecule has 0 bridgehead atoms. The number of carbonyl (C=O) groups is 1. The van der Waals surface area contributed by atoms with Crippen LogP contribution in [0.5, 0.6) is 0 Å². The third kappa shape index (κ3) is 3.98. The second-order valence-electron chi connectivity index (χ2n) is 8.07. The molecule has 3 aromatic rings. The third-order valence-electron chi connectivity index (χ3n) is 4.75. The third-order valence-corrected chi connectivity index (χ3v) is 4.75. The molecule has 0 aliphatic heterocycles. The van der Waals surface area contributed by atoms with Gasteiger partial charge in [0.25, 0.3) is 5.56 Å². The zero-order valence-corrected chi connectivity index (χ0v) is 17.1. The highest BCUT2D eigenvalue weighted by molar-refractivity contribution is 5.76. The predicted molar refractivity (Wildman–Crippen MR) is 109 cm³/mol. The van der Waals surface area contributed by atoms with Crippen molar-refractivity contribution < 1.29 is 4.79 Å². The number of fused-ring (bicyclic) bond motifs is 1. The van der Waals surface area contributed by atoms with Crippen LogP contribution in [0.1, 0.15) is 38.6 Å². The number of aryl methyl sites for hydroxylation is 1. The van der Waals surface area contributed by atoms with Gasteiger partial charge in [-0.25, -0.2) is 9.67 Å². The fourth-order valence-corrected chi connectivity index (χ4v) is 3.20. The van der Waals surface area contributed by atoms with Crippen LogP contribution in [0.15, 0.2) is 41.3 Å². The van der Waals surface area contributed by atoms with Crippen molar-refractivity contribution in [1.29, 1.82) is 0 Å². The van der Waals surface area contributed by atoms with E-state index in [9.17, 15) is 9.59 Å². The van der Waals surface area contributed by atoms with Crippen LogP contribution in [0.3, 0.4) is 0 Å². The number of nitrogens with zero attached hydrogens (tertiary/aromatic N) is 5. The van der Waals surface area contributed by atoms with Crippen LogP contribution in [0.4, 0.5) is 0 Å². The molecule has 3 rings (SSSR count). The fraction of sp³-hybridized carbons (Fsp3) is 0.429. The van der Waals surface area contributed by atoms with E-state index < -0.39 is 0 Å². The highest BCUT2D eigenvalue weighted by Gasteiger charge is 2.21. The van der Waals surface area contributed by atoms with Crippen LogP contribution in [-0.4, -0.2) is 37.2 Å². The summed E-state index contributed by atoms with van der Waals surface area (Å²) in [5.74, 6) is 0.572. The van der Waals surface area contributed by atoms with Gasteiger partial charge in [-0.1, -0.05) is 30.3 Å². The Bertz CT molecular complexity index is 1040. The number of rotatable bonds is 5. The summed E-state index contributed by atoms with van der Waals surface area (Å²) >= 11 is 0. The summed E-state index contributed by atoms with van der Waals surface area (Å²) in [4.78, 5) is 31.7. The van der Waals surface area contributed by atoms with E-state index in [4.69, 9.17) is 0 Å². The Labute approximate surface area is 164 Å². The lowest BCUT2D eigenvalue weighted by Crippen LogP contribution is -2.31. The normalized spacial score (nSPS) is 11.8. The standard InChI is InChI=1S/C21H27N5O2/c1-15-23-19-17(13-22-26(19)21(2,3)4)20(28)25(15)12-11-18(27)24(5)14-16-9-7-6-8-10-16/h6-10,13H,11-12,14H2,1-5H3. The minimum Gasteiger partial charge on any atom is -0.341 e. The van der Waals surface area contributed by atoms with Crippen molar-refractivity contribution in [3.05, 3.63) is 58.3 Å². The molecule has 28 heavy (non-hydrogen) atoms. The fourth-order valence-electron chi connectivity index (χ4n) is 3.20. The van der Waals surface area contributed by atoms with Crippen molar-refractivity contribution in [2.24, 2.45) is 0 Å². The molecule has 1 amide bonds. The monoisotopic (exact) mass is 381 g/mol. The smallest absolute Gasteiger partial charge is 0.264 e. The van der Waals surface area contributed by atoms with Crippen molar-refractivity contribution in [3.63, 3.8) is 0 Å². The maximum absolute atomic E-state index is 12.9. The van der Waals surface area contributed by atoms with Crippen LogP contribution >= 0.6 is 0 Å². The summed E-state index contributed by atoms with van der Waals surface area (Å²) in [7, 11) is 1.78. The van der Waals surface area contributed by atoms with Gasteiger partial charge in [-0.15, -0.1) is 0 Å². The molecular weight excluding hydrogens is 354 g/mol. The van der Waals surface area contributed by atoms with Gasteiger partial charge in [-0.05, 0) is 33.3 Å². The Balaban J connectivity index is 1.77. The lowest BCUT2D eigenvalue weighted by atomic mass is 10.1. The molecule has 0 fully saturated rings. The molecule has 0 N–H and O–H groups in total.